The minimum absolute atomic E-state index is 0.0644. The zero-order chi connectivity index (χ0) is 38.8. The number of anilines is 2. The third kappa shape index (κ3) is 7.83. The molecule has 0 radical (unpaired) electrons. The summed E-state index contributed by atoms with van der Waals surface area (Å²) in [6, 6.07) is 15.6. The van der Waals surface area contributed by atoms with Gasteiger partial charge in [0.05, 0.1) is 35.6 Å². The molecule has 3 fully saturated rings. The van der Waals surface area contributed by atoms with Crippen molar-refractivity contribution in [2.24, 2.45) is 22.2 Å². The molecule has 4 aliphatic rings. The number of nitrogens with zero attached hydrogens (tertiary/aromatic N) is 11. The van der Waals surface area contributed by atoms with Crippen molar-refractivity contribution in [2.75, 3.05) is 42.9 Å². The number of fused-ring (bicyclic) bond motifs is 1. The molecule has 2 saturated heterocycles. The van der Waals surface area contributed by atoms with Gasteiger partial charge in [-0.2, -0.15) is 20.3 Å². The summed E-state index contributed by atoms with van der Waals surface area (Å²) in [5.41, 5.74) is 4.46. The summed E-state index contributed by atoms with van der Waals surface area (Å²) >= 11 is 7.11. The minimum atomic E-state index is -0.474. The third-order valence-corrected chi connectivity index (χ3v) is 12.0. The van der Waals surface area contributed by atoms with Gasteiger partial charge in [0.15, 0.2) is 17.2 Å². The minimum Gasteiger partial charge on any atom is -0.369 e. The molecular weight excluding hydrogens is 730 g/mol. The van der Waals surface area contributed by atoms with Crippen LogP contribution < -0.4 is 15.5 Å². The molecule has 2 unspecified atom stereocenters. The maximum atomic E-state index is 12.3. The number of hydrogen-bond acceptors (Lipinski definition) is 12. The Morgan fingerprint density at radius 2 is 1.79 bits per heavy atom. The largest absolute Gasteiger partial charge is 0.369 e. The molecule has 6 heterocycles. The number of piperazine rings is 1. The molecule has 3 aromatic heterocycles. The van der Waals surface area contributed by atoms with Crippen molar-refractivity contribution in [3.8, 4) is 18.0 Å². The summed E-state index contributed by atoms with van der Waals surface area (Å²) in [5.74, 6) is 0.648. The number of rotatable bonds is 10. The molecule has 1 aliphatic carbocycles. The maximum absolute atomic E-state index is 12.3. The summed E-state index contributed by atoms with van der Waals surface area (Å²) < 4.78 is 3.35. The highest BCUT2D eigenvalue weighted by atomic mass is 35.5. The standard InChI is InChI=1S/C40H42ClN13O2/c1-25(18-42)47-34-17-37(54-39-30(21-46-54)16-26(19-43)20-45-39)44-22-36(34)53-24-35(49-50-53)29-4-2-28(3-5-29)33(41)23-51-12-14-52(15-13-51)31-8-6-27(7-9-31)32-10-11-38(55)48-40(32)56/h6-9,16-17,20-22,24-25,28-29,32-33,35H,2-5,10-15,23H2,1H3,(H-,44,47,48,55,56)/p+1/t25-,28?,29?,32?,33?,35+/m1/s1. The number of aromatic nitrogens is 4. The first-order chi connectivity index (χ1) is 27.3. The summed E-state index contributed by atoms with van der Waals surface area (Å²) in [6.45, 7) is 6.37. The van der Waals surface area contributed by atoms with Gasteiger partial charge in [-0.25, -0.2) is 9.97 Å². The smallest absolute Gasteiger partial charge is 0.234 e. The number of nitriles is 2. The van der Waals surface area contributed by atoms with Gasteiger partial charge in [-0.15, -0.1) is 11.6 Å². The van der Waals surface area contributed by atoms with Crippen molar-refractivity contribution in [2.45, 2.75) is 68.8 Å². The Morgan fingerprint density at radius 1 is 1.00 bits per heavy atom. The summed E-state index contributed by atoms with van der Waals surface area (Å²) in [5, 5.41) is 39.0. The Morgan fingerprint density at radius 3 is 2.52 bits per heavy atom. The first-order valence-corrected chi connectivity index (χ1v) is 19.7. The van der Waals surface area contributed by atoms with Crippen LogP contribution in [-0.4, -0.2) is 97.5 Å². The predicted octanol–water partition coefficient (Wildman–Crippen LogP) is 5.23. The molecule has 15 nitrogen and oxygen atoms in total. The van der Waals surface area contributed by atoms with Crippen LogP contribution in [0.3, 0.4) is 0 Å². The van der Waals surface area contributed by atoms with Crippen LogP contribution in [0.15, 0.2) is 65.3 Å². The average Bonchev–Trinajstić information content (AvgIpc) is 3.89. The lowest BCUT2D eigenvalue weighted by Gasteiger charge is -2.39. The highest BCUT2D eigenvalue weighted by molar-refractivity contribution is 6.21. The number of carbonyl (C=O) groups excluding carboxylic acids is 2. The van der Waals surface area contributed by atoms with Crippen LogP contribution in [-0.2, 0) is 9.59 Å². The van der Waals surface area contributed by atoms with E-state index in [9.17, 15) is 20.1 Å². The number of alkyl halides is 1. The van der Waals surface area contributed by atoms with Gasteiger partial charge in [0.1, 0.15) is 23.5 Å². The first kappa shape index (κ1) is 37.2. The number of amides is 2. The van der Waals surface area contributed by atoms with Crippen molar-refractivity contribution in [1.29, 1.82) is 10.5 Å². The van der Waals surface area contributed by atoms with Crippen molar-refractivity contribution in [1.82, 2.24) is 30.0 Å². The lowest BCUT2D eigenvalue weighted by atomic mass is 9.77. The third-order valence-electron chi connectivity index (χ3n) is 11.5. The zero-order valence-corrected chi connectivity index (χ0v) is 31.9. The Labute approximate surface area is 329 Å². The number of carbonyl (C=O) groups is 2. The summed E-state index contributed by atoms with van der Waals surface area (Å²) in [6.07, 6.45) is 12.0. The van der Waals surface area contributed by atoms with Crippen LogP contribution >= 0.6 is 11.6 Å². The highest BCUT2D eigenvalue weighted by Gasteiger charge is 2.38. The van der Waals surface area contributed by atoms with Crippen LogP contribution in [0.5, 0.6) is 0 Å². The van der Waals surface area contributed by atoms with E-state index in [1.807, 2.05) is 24.4 Å². The van der Waals surface area contributed by atoms with Crippen LogP contribution in [0.4, 0.5) is 17.1 Å². The molecule has 2 N–H and O–H groups in total. The second-order valence-electron chi connectivity index (χ2n) is 15.1. The Kier molecular flexibility index (Phi) is 10.7. The fraction of sp³-hybridized carbons (Fsp3) is 0.450. The van der Waals surface area contributed by atoms with Gasteiger partial charge in [0.2, 0.25) is 17.9 Å². The fourth-order valence-electron chi connectivity index (χ4n) is 8.29. The predicted molar refractivity (Wildman–Crippen MR) is 210 cm³/mol. The molecule has 4 aromatic rings. The van der Waals surface area contributed by atoms with E-state index in [-0.39, 0.29) is 29.2 Å². The number of piperidine rings is 1. The van der Waals surface area contributed by atoms with Crippen molar-refractivity contribution in [3.05, 3.63) is 66.1 Å². The van der Waals surface area contributed by atoms with E-state index >= 15 is 0 Å². The monoisotopic (exact) mass is 772 g/mol. The molecular formula is C40H43ClN13O2+. The van der Waals surface area contributed by atoms with Crippen LogP contribution in [0.25, 0.3) is 16.9 Å². The first-order valence-electron chi connectivity index (χ1n) is 19.3. The van der Waals surface area contributed by atoms with Gasteiger partial charge in [-0.05, 0) is 68.7 Å². The second-order valence-corrected chi connectivity index (χ2v) is 15.7. The maximum Gasteiger partial charge on any atom is 0.234 e. The van der Waals surface area contributed by atoms with E-state index in [1.165, 1.54) is 6.20 Å². The Hall–Kier alpha value is -5.77. The normalized spacial score (nSPS) is 23.9. The molecule has 3 aliphatic heterocycles. The molecule has 0 spiro atoms. The number of nitrogens with one attached hydrogen (secondary N) is 2. The van der Waals surface area contributed by atoms with E-state index in [2.05, 4.69) is 70.1 Å². The van der Waals surface area contributed by atoms with Crippen molar-refractivity contribution in [3.63, 3.8) is 0 Å². The van der Waals surface area contributed by atoms with Crippen molar-refractivity contribution < 1.29 is 14.3 Å². The number of halogens is 1. The van der Waals surface area contributed by atoms with Gasteiger partial charge >= 0.3 is 0 Å². The van der Waals surface area contributed by atoms with Gasteiger partial charge < -0.3 is 10.2 Å². The topological polar surface area (TPSA) is 184 Å². The van der Waals surface area contributed by atoms with Gasteiger partial charge in [-0.1, -0.05) is 16.8 Å². The van der Waals surface area contributed by atoms with Gasteiger partial charge in [-0.3, -0.25) is 19.8 Å². The Bertz CT molecular complexity index is 2260. The molecule has 16 heteroatoms. The van der Waals surface area contributed by atoms with E-state index in [0.717, 1.165) is 75.0 Å². The quantitative estimate of drug-likeness (QED) is 0.123. The molecule has 1 saturated carbocycles. The molecule has 56 heavy (non-hydrogen) atoms. The van der Waals surface area contributed by atoms with E-state index in [0.29, 0.717) is 53.1 Å². The van der Waals surface area contributed by atoms with Gasteiger partial charge in [0, 0.05) is 78.9 Å². The lowest BCUT2D eigenvalue weighted by molar-refractivity contribution is -0.443. The molecule has 0 bridgehead atoms. The molecule has 286 valence electrons. The second kappa shape index (κ2) is 16.1. The summed E-state index contributed by atoms with van der Waals surface area (Å²) in [4.78, 5) is 37.8. The Balaban J connectivity index is 0.843. The summed E-state index contributed by atoms with van der Waals surface area (Å²) in [7, 11) is 0. The molecule has 2 amide bonds. The highest BCUT2D eigenvalue weighted by Crippen LogP contribution is 2.38. The number of hydrogen-bond donors (Lipinski definition) is 2. The fourth-order valence-corrected chi connectivity index (χ4v) is 8.74. The SMILES string of the molecule is C[C@H](C#N)Nc1cc(-n2ncc3cc(C#N)cnc32)ncc1[N+]1=C[C@@H](C2CCC(C(Cl)CN3CCN(c4ccc(C5CCC(=O)NC5=O)cc4)CC3)CC2)N=N1. The van der Waals surface area contributed by atoms with Crippen LogP contribution in [0.1, 0.15) is 62.5 Å². The lowest BCUT2D eigenvalue weighted by Crippen LogP contribution is -2.49. The van der Waals surface area contributed by atoms with Crippen LogP contribution in [0.2, 0.25) is 0 Å². The number of benzene rings is 1. The number of imide groups is 1. The molecule has 8 rings (SSSR count). The van der Waals surface area contributed by atoms with E-state index in [4.69, 9.17) is 11.6 Å². The zero-order valence-electron chi connectivity index (χ0n) is 31.1. The van der Waals surface area contributed by atoms with Crippen molar-refractivity contribution >= 4 is 57.7 Å². The van der Waals surface area contributed by atoms with Gasteiger partial charge in [0.25, 0.3) is 0 Å². The number of pyridine rings is 2. The molecule has 1 aromatic carbocycles. The van der Waals surface area contributed by atoms with Crippen LogP contribution in [0, 0.1) is 34.5 Å². The van der Waals surface area contributed by atoms with E-state index < -0.39 is 6.04 Å². The average molecular weight is 773 g/mol. The molecule has 4 atom stereocenters. The van der Waals surface area contributed by atoms with E-state index in [1.54, 1.807) is 34.8 Å².